The van der Waals surface area contributed by atoms with E-state index in [1.807, 2.05) is 0 Å². The van der Waals surface area contributed by atoms with E-state index in [9.17, 15) is 10.1 Å². The topological polar surface area (TPSA) is 86.2 Å². The molecule has 0 saturated carbocycles. The highest BCUT2D eigenvalue weighted by Crippen LogP contribution is 2.34. The van der Waals surface area contributed by atoms with Crippen LogP contribution < -0.4 is 0 Å². The van der Waals surface area contributed by atoms with Crippen molar-refractivity contribution in [3.8, 4) is 0 Å². The van der Waals surface area contributed by atoms with Crippen molar-refractivity contribution in [2.75, 3.05) is 0 Å². The van der Waals surface area contributed by atoms with Crippen molar-refractivity contribution in [1.29, 1.82) is 0 Å². The summed E-state index contributed by atoms with van der Waals surface area (Å²) in [7, 11) is 0. The highest BCUT2D eigenvalue weighted by Gasteiger charge is 2.24. The summed E-state index contributed by atoms with van der Waals surface area (Å²) in [4.78, 5) is 10.4. The molecule has 0 saturated heterocycles. The largest absolute Gasteiger partial charge is 0.334 e. The van der Waals surface area contributed by atoms with E-state index in [1.165, 1.54) is 4.52 Å². The van der Waals surface area contributed by atoms with Gasteiger partial charge in [0, 0.05) is 5.39 Å². The number of nitrogens with zero attached hydrogens (tertiary/aromatic N) is 5. The zero-order valence-electron chi connectivity index (χ0n) is 8.24. The van der Waals surface area contributed by atoms with Gasteiger partial charge in [0.1, 0.15) is 5.02 Å². The van der Waals surface area contributed by atoms with Crippen LogP contribution in [-0.4, -0.2) is 25.0 Å². The Labute approximate surface area is 98.8 Å². The Bertz CT molecular complexity index is 754. The number of rotatable bonds is 1. The molecule has 0 aliphatic rings. The van der Waals surface area contributed by atoms with Crippen LogP contribution in [0.15, 0.2) is 24.3 Å². The summed E-state index contributed by atoms with van der Waals surface area (Å²) in [5.41, 5.74) is 0.386. The molecule has 0 spiro atoms. The van der Waals surface area contributed by atoms with Crippen LogP contribution in [0.1, 0.15) is 0 Å². The van der Waals surface area contributed by atoms with Gasteiger partial charge in [0.15, 0.2) is 0 Å². The number of halogens is 1. The van der Waals surface area contributed by atoms with E-state index in [0.717, 1.165) is 0 Å². The number of fused-ring (bicyclic) bond motifs is 3. The van der Waals surface area contributed by atoms with Crippen LogP contribution in [-0.2, 0) is 0 Å². The fourth-order valence-electron chi connectivity index (χ4n) is 1.73. The predicted molar refractivity (Wildman–Crippen MR) is 60.0 cm³/mol. The number of tetrazole rings is 1. The van der Waals surface area contributed by atoms with E-state index < -0.39 is 4.92 Å². The molecule has 3 aromatic rings. The monoisotopic (exact) mass is 249 g/mol. The number of hydrogen-bond donors (Lipinski definition) is 0. The second kappa shape index (κ2) is 3.36. The zero-order valence-corrected chi connectivity index (χ0v) is 9.00. The molecule has 0 amide bonds. The number of para-hydroxylation sites is 1. The van der Waals surface area contributed by atoms with Gasteiger partial charge in [0.2, 0.25) is 0 Å². The van der Waals surface area contributed by atoms with E-state index in [1.54, 1.807) is 24.3 Å². The Balaban J connectivity index is 2.65. The van der Waals surface area contributed by atoms with E-state index in [0.29, 0.717) is 10.9 Å². The molecular formula is C9H4ClN5O2. The molecular weight excluding hydrogens is 246 g/mol. The summed E-state index contributed by atoms with van der Waals surface area (Å²) >= 11 is 6.02. The second-order valence-corrected chi connectivity index (χ2v) is 3.73. The minimum atomic E-state index is -0.583. The van der Waals surface area contributed by atoms with Crippen LogP contribution in [0.5, 0.6) is 0 Å². The van der Waals surface area contributed by atoms with Gasteiger partial charge >= 0.3 is 5.69 Å². The molecule has 0 fully saturated rings. The van der Waals surface area contributed by atoms with E-state index in [2.05, 4.69) is 15.5 Å². The molecule has 1 aromatic carbocycles. The van der Waals surface area contributed by atoms with Gasteiger partial charge in [-0.15, -0.1) is 5.10 Å². The summed E-state index contributed by atoms with van der Waals surface area (Å²) in [5.74, 6) is 0. The number of aromatic nitrogens is 4. The second-order valence-electron chi connectivity index (χ2n) is 3.35. The molecule has 0 aliphatic carbocycles. The average molecular weight is 250 g/mol. The molecule has 3 rings (SSSR count). The van der Waals surface area contributed by atoms with Crippen LogP contribution in [0, 0.1) is 10.1 Å². The molecule has 0 aliphatic heterocycles. The third-order valence-electron chi connectivity index (χ3n) is 2.44. The SMILES string of the molecule is O=[N+]([O-])c1c(Cl)c2ccccc2n2nnnc12. The van der Waals surface area contributed by atoms with Crippen molar-refractivity contribution in [2.45, 2.75) is 0 Å². The number of hydrogen-bond acceptors (Lipinski definition) is 5. The van der Waals surface area contributed by atoms with Gasteiger partial charge in [-0.1, -0.05) is 29.8 Å². The van der Waals surface area contributed by atoms with E-state index >= 15 is 0 Å². The highest BCUT2D eigenvalue weighted by molar-refractivity contribution is 6.38. The standard InChI is InChI=1S/C9H4ClN5O2/c10-7-5-3-1-2-4-6(5)14-9(11-12-13-14)8(7)15(16)17/h1-4H. The lowest BCUT2D eigenvalue weighted by molar-refractivity contribution is -0.383. The molecule has 0 bridgehead atoms. The maximum atomic E-state index is 11.0. The molecule has 2 heterocycles. The molecule has 0 unspecified atom stereocenters. The minimum absolute atomic E-state index is 0.0405. The molecule has 0 atom stereocenters. The first-order chi connectivity index (χ1) is 8.20. The Hall–Kier alpha value is -2.28. The smallest absolute Gasteiger partial charge is 0.258 e. The van der Waals surface area contributed by atoms with Gasteiger partial charge in [-0.2, -0.15) is 4.52 Å². The molecule has 17 heavy (non-hydrogen) atoms. The average Bonchev–Trinajstić information content (AvgIpc) is 2.78. The Morgan fingerprint density at radius 3 is 2.88 bits per heavy atom. The minimum Gasteiger partial charge on any atom is -0.258 e. The predicted octanol–water partition coefficient (Wildman–Crippen LogP) is 1.84. The fourth-order valence-corrected chi connectivity index (χ4v) is 2.04. The van der Waals surface area contributed by atoms with Crippen LogP contribution in [0.4, 0.5) is 5.69 Å². The van der Waals surface area contributed by atoms with Gasteiger partial charge in [-0.05, 0) is 16.5 Å². The van der Waals surface area contributed by atoms with Crippen molar-refractivity contribution in [2.24, 2.45) is 0 Å². The lowest BCUT2D eigenvalue weighted by Gasteiger charge is -2.02. The molecule has 0 N–H and O–H groups in total. The third kappa shape index (κ3) is 1.26. The van der Waals surface area contributed by atoms with E-state index in [-0.39, 0.29) is 16.4 Å². The highest BCUT2D eigenvalue weighted by atomic mass is 35.5. The first-order valence-electron chi connectivity index (χ1n) is 4.63. The lowest BCUT2D eigenvalue weighted by Crippen LogP contribution is -1.98. The van der Waals surface area contributed by atoms with Crippen LogP contribution >= 0.6 is 11.6 Å². The first-order valence-corrected chi connectivity index (χ1v) is 5.00. The number of benzene rings is 1. The summed E-state index contributed by atoms with van der Waals surface area (Å²) < 4.78 is 1.30. The Morgan fingerprint density at radius 2 is 2.12 bits per heavy atom. The molecule has 2 aromatic heterocycles. The Morgan fingerprint density at radius 1 is 1.35 bits per heavy atom. The first kappa shape index (κ1) is 9.91. The maximum absolute atomic E-state index is 11.0. The lowest BCUT2D eigenvalue weighted by atomic mass is 10.2. The molecule has 8 heteroatoms. The summed E-state index contributed by atoms with van der Waals surface area (Å²) in [5, 5.41) is 22.4. The maximum Gasteiger partial charge on any atom is 0.334 e. The van der Waals surface area contributed by atoms with Gasteiger partial charge in [-0.25, -0.2) is 0 Å². The third-order valence-corrected chi connectivity index (χ3v) is 2.82. The van der Waals surface area contributed by atoms with Gasteiger partial charge in [-0.3, -0.25) is 10.1 Å². The molecule has 7 nitrogen and oxygen atoms in total. The van der Waals surface area contributed by atoms with Crippen LogP contribution in [0.3, 0.4) is 0 Å². The Kier molecular flexibility index (Phi) is 1.96. The van der Waals surface area contributed by atoms with Crippen molar-refractivity contribution in [3.05, 3.63) is 39.4 Å². The van der Waals surface area contributed by atoms with Crippen molar-refractivity contribution >= 4 is 33.8 Å². The quantitative estimate of drug-likeness (QED) is 0.485. The molecule has 84 valence electrons. The van der Waals surface area contributed by atoms with Crippen LogP contribution in [0.25, 0.3) is 16.6 Å². The summed E-state index contributed by atoms with van der Waals surface area (Å²) in [6, 6.07) is 6.96. The van der Waals surface area contributed by atoms with E-state index in [4.69, 9.17) is 11.6 Å². The van der Waals surface area contributed by atoms with Gasteiger partial charge in [0.25, 0.3) is 5.65 Å². The number of pyridine rings is 1. The zero-order chi connectivity index (χ0) is 12.0. The van der Waals surface area contributed by atoms with Crippen molar-refractivity contribution in [1.82, 2.24) is 20.0 Å². The van der Waals surface area contributed by atoms with Gasteiger partial charge < -0.3 is 0 Å². The molecule has 0 radical (unpaired) electrons. The summed E-state index contributed by atoms with van der Waals surface area (Å²) in [6.45, 7) is 0. The van der Waals surface area contributed by atoms with Gasteiger partial charge in [0.05, 0.1) is 10.4 Å². The van der Waals surface area contributed by atoms with Crippen molar-refractivity contribution in [3.63, 3.8) is 0 Å². The normalized spacial score (nSPS) is 11.1. The van der Waals surface area contributed by atoms with Crippen molar-refractivity contribution < 1.29 is 4.92 Å². The number of nitro groups is 1. The fraction of sp³-hybridized carbons (Fsp3) is 0. The van der Waals surface area contributed by atoms with Crippen LogP contribution in [0.2, 0.25) is 5.02 Å². The summed E-state index contributed by atoms with van der Waals surface area (Å²) in [6.07, 6.45) is 0.